The third-order valence-electron chi connectivity index (χ3n) is 3.57. The number of hydrogen-bond donors (Lipinski definition) is 2. The van der Waals surface area contributed by atoms with Crippen LogP contribution in [-0.2, 0) is 21.3 Å². The maximum Gasteiger partial charge on any atom is 0.407 e. The van der Waals surface area contributed by atoms with Crippen LogP contribution in [-0.4, -0.2) is 31.4 Å². The zero-order valence-corrected chi connectivity index (χ0v) is 14.5. The number of sulfonamides is 1. The molecule has 0 aliphatic heterocycles. The Kier molecular flexibility index (Phi) is 5.31. The van der Waals surface area contributed by atoms with Gasteiger partial charge in [-0.1, -0.05) is 30.3 Å². The van der Waals surface area contributed by atoms with E-state index in [9.17, 15) is 13.2 Å². The summed E-state index contributed by atoms with van der Waals surface area (Å²) in [5.74, 6) is 0. The molecular weight excluding hydrogens is 316 g/mol. The summed E-state index contributed by atoms with van der Waals surface area (Å²) in [4.78, 5) is 11.6. The van der Waals surface area contributed by atoms with Gasteiger partial charge in [-0.3, -0.25) is 0 Å². The van der Waals surface area contributed by atoms with Crippen molar-refractivity contribution in [2.45, 2.75) is 57.1 Å². The molecular formula is C16H24N2O4S. The molecule has 1 aromatic rings. The molecule has 1 aromatic carbocycles. The highest BCUT2D eigenvalue weighted by molar-refractivity contribution is 7.90. The monoisotopic (exact) mass is 340 g/mol. The molecule has 0 spiro atoms. The number of alkyl carbamates (subject to hydrolysis) is 1. The molecule has 0 heterocycles. The lowest BCUT2D eigenvalue weighted by Crippen LogP contribution is -2.53. The van der Waals surface area contributed by atoms with Crippen LogP contribution in [0.25, 0.3) is 0 Å². The van der Waals surface area contributed by atoms with Crippen LogP contribution in [0.15, 0.2) is 30.3 Å². The molecule has 0 atom stereocenters. The van der Waals surface area contributed by atoms with Crippen molar-refractivity contribution in [3.63, 3.8) is 0 Å². The topological polar surface area (TPSA) is 84.5 Å². The van der Waals surface area contributed by atoms with Crippen LogP contribution < -0.4 is 10.0 Å². The lowest BCUT2D eigenvalue weighted by Gasteiger charge is -2.35. The number of nitrogens with one attached hydrogen (secondary N) is 2. The Morgan fingerprint density at radius 2 is 1.83 bits per heavy atom. The molecule has 128 valence electrons. The van der Waals surface area contributed by atoms with Gasteiger partial charge in [0.1, 0.15) is 5.60 Å². The SMILES string of the molecule is CC(C)(C)OC(=O)NC1CC(S(=O)(=O)NCc2ccccc2)C1. The van der Waals surface area contributed by atoms with Gasteiger partial charge in [-0.25, -0.2) is 17.9 Å². The number of rotatable bonds is 5. The summed E-state index contributed by atoms with van der Waals surface area (Å²) >= 11 is 0. The molecule has 7 heteroatoms. The van der Waals surface area contributed by atoms with Crippen LogP contribution in [0.4, 0.5) is 4.79 Å². The van der Waals surface area contributed by atoms with Crippen molar-refractivity contribution in [1.82, 2.24) is 10.0 Å². The number of carbonyl (C=O) groups excluding carboxylic acids is 1. The standard InChI is InChI=1S/C16H24N2O4S/c1-16(2,3)22-15(19)18-13-9-14(10-13)23(20,21)17-11-12-7-5-4-6-8-12/h4-8,13-14,17H,9-11H2,1-3H3,(H,18,19). The van der Waals surface area contributed by atoms with Crippen molar-refractivity contribution in [2.75, 3.05) is 0 Å². The van der Waals surface area contributed by atoms with E-state index in [1.807, 2.05) is 30.3 Å². The summed E-state index contributed by atoms with van der Waals surface area (Å²) in [6.45, 7) is 5.64. The van der Waals surface area contributed by atoms with Gasteiger partial charge in [0.2, 0.25) is 10.0 Å². The van der Waals surface area contributed by atoms with Gasteiger partial charge in [0.15, 0.2) is 0 Å². The van der Waals surface area contributed by atoms with Crippen molar-refractivity contribution >= 4 is 16.1 Å². The average Bonchev–Trinajstić information content (AvgIpc) is 2.39. The molecule has 1 fully saturated rings. The van der Waals surface area contributed by atoms with Crippen LogP contribution in [0.1, 0.15) is 39.2 Å². The van der Waals surface area contributed by atoms with Gasteiger partial charge in [-0.05, 0) is 39.2 Å². The zero-order valence-electron chi connectivity index (χ0n) is 13.7. The van der Waals surface area contributed by atoms with Crippen LogP contribution in [0.2, 0.25) is 0 Å². The van der Waals surface area contributed by atoms with E-state index in [0.29, 0.717) is 12.8 Å². The van der Waals surface area contributed by atoms with Crippen molar-refractivity contribution in [2.24, 2.45) is 0 Å². The summed E-state index contributed by atoms with van der Waals surface area (Å²) in [6, 6.07) is 9.22. The second-order valence-corrected chi connectivity index (χ2v) is 8.83. The maximum atomic E-state index is 12.2. The number of hydrogen-bond acceptors (Lipinski definition) is 4. The first-order valence-corrected chi connectivity index (χ1v) is 9.22. The highest BCUT2D eigenvalue weighted by Crippen LogP contribution is 2.27. The summed E-state index contributed by atoms with van der Waals surface area (Å²) in [5.41, 5.74) is 0.357. The first-order valence-electron chi connectivity index (χ1n) is 7.67. The number of benzene rings is 1. The first-order chi connectivity index (χ1) is 10.7. The minimum atomic E-state index is -3.37. The van der Waals surface area contributed by atoms with E-state index >= 15 is 0 Å². The van der Waals surface area contributed by atoms with E-state index in [1.165, 1.54) is 0 Å². The summed E-state index contributed by atoms with van der Waals surface area (Å²) < 4.78 is 32.2. The van der Waals surface area contributed by atoms with Crippen molar-refractivity contribution in [1.29, 1.82) is 0 Å². The fraction of sp³-hybridized carbons (Fsp3) is 0.562. The Labute approximate surface area is 137 Å². The van der Waals surface area contributed by atoms with E-state index in [4.69, 9.17) is 4.74 Å². The van der Waals surface area contributed by atoms with Crippen molar-refractivity contribution in [3.05, 3.63) is 35.9 Å². The Hall–Kier alpha value is -1.60. The molecule has 1 aliphatic rings. The molecule has 23 heavy (non-hydrogen) atoms. The van der Waals surface area contributed by atoms with Gasteiger partial charge in [-0.2, -0.15) is 0 Å². The van der Waals surface area contributed by atoms with Gasteiger partial charge in [-0.15, -0.1) is 0 Å². The van der Waals surface area contributed by atoms with Crippen LogP contribution in [0.5, 0.6) is 0 Å². The smallest absolute Gasteiger partial charge is 0.407 e. The Balaban J connectivity index is 1.76. The molecule has 6 nitrogen and oxygen atoms in total. The van der Waals surface area contributed by atoms with Gasteiger partial charge in [0.05, 0.1) is 5.25 Å². The quantitative estimate of drug-likeness (QED) is 0.860. The minimum absolute atomic E-state index is 0.150. The largest absolute Gasteiger partial charge is 0.444 e. The molecule has 1 amide bonds. The molecule has 0 unspecified atom stereocenters. The zero-order chi connectivity index (χ0) is 17.1. The van der Waals surface area contributed by atoms with Gasteiger partial charge in [0.25, 0.3) is 0 Å². The van der Waals surface area contributed by atoms with Gasteiger partial charge >= 0.3 is 6.09 Å². The van der Waals surface area contributed by atoms with Crippen LogP contribution >= 0.6 is 0 Å². The van der Waals surface area contributed by atoms with E-state index in [-0.39, 0.29) is 12.6 Å². The average molecular weight is 340 g/mol. The Morgan fingerprint density at radius 1 is 1.22 bits per heavy atom. The van der Waals surface area contributed by atoms with Gasteiger partial charge in [0, 0.05) is 12.6 Å². The normalized spacial score (nSPS) is 21.3. The maximum absolute atomic E-state index is 12.2. The third-order valence-corrected chi connectivity index (χ3v) is 5.38. The lowest BCUT2D eigenvalue weighted by molar-refractivity contribution is 0.0480. The molecule has 0 radical (unpaired) electrons. The molecule has 2 rings (SSSR count). The van der Waals surface area contributed by atoms with Crippen LogP contribution in [0, 0.1) is 0 Å². The molecule has 2 N–H and O–H groups in total. The molecule has 1 aliphatic carbocycles. The highest BCUT2D eigenvalue weighted by Gasteiger charge is 2.39. The Bertz CT molecular complexity index is 632. The highest BCUT2D eigenvalue weighted by atomic mass is 32.2. The van der Waals surface area contributed by atoms with Crippen LogP contribution in [0.3, 0.4) is 0 Å². The second kappa shape index (κ2) is 6.88. The minimum Gasteiger partial charge on any atom is -0.444 e. The lowest BCUT2D eigenvalue weighted by atomic mass is 9.92. The van der Waals surface area contributed by atoms with E-state index < -0.39 is 27.0 Å². The predicted molar refractivity (Wildman–Crippen MR) is 88.4 cm³/mol. The van der Waals surface area contributed by atoms with Crippen molar-refractivity contribution < 1.29 is 17.9 Å². The summed E-state index contributed by atoms with van der Waals surface area (Å²) in [7, 11) is -3.37. The summed E-state index contributed by atoms with van der Waals surface area (Å²) in [6.07, 6.45) is 0.308. The predicted octanol–water partition coefficient (Wildman–Crippen LogP) is 2.16. The molecule has 1 saturated carbocycles. The molecule has 0 saturated heterocycles. The van der Waals surface area contributed by atoms with E-state index in [0.717, 1.165) is 5.56 Å². The van der Waals surface area contributed by atoms with E-state index in [2.05, 4.69) is 10.0 Å². The summed E-state index contributed by atoms with van der Waals surface area (Å²) in [5, 5.41) is 2.23. The third kappa shape index (κ3) is 5.51. The fourth-order valence-corrected chi connectivity index (χ4v) is 3.88. The Morgan fingerprint density at radius 3 is 2.39 bits per heavy atom. The number of ether oxygens (including phenoxy) is 1. The number of amides is 1. The molecule has 0 bridgehead atoms. The van der Waals surface area contributed by atoms with E-state index in [1.54, 1.807) is 20.8 Å². The second-order valence-electron chi connectivity index (χ2n) is 6.79. The fourth-order valence-electron chi connectivity index (χ4n) is 2.31. The number of carbonyl (C=O) groups is 1. The van der Waals surface area contributed by atoms with Crippen molar-refractivity contribution in [3.8, 4) is 0 Å². The van der Waals surface area contributed by atoms with Gasteiger partial charge < -0.3 is 10.1 Å². The molecule has 0 aromatic heterocycles. The first kappa shape index (κ1) is 17.7.